The van der Waals surface area contributed by atoms with Gasteiger partial charge in [-0.15, -0.1) is 0 Å². The van der Waals surface area contributed by atoms with E-state index in [4.69, 9.17) is 26.2 Å². The number of esters is 1. The first kappa shape index (κ1) is 36.6. The van der Waals surface area contributed by atoms with E-state index in [0.29, 0.717) is 33.9 Å². The van der Waals surface area contributed by atoms with Crippen LogP contribution in [-0.4, -0.2) is 87.9 Å². The van der Waals surface area contributed by atoms with Gasteiger partial charge < -0.3 is 25.0 Å². The molecule has 0 aliphatic heterocycles. The monoisotopic (exact) mass is 737 g/mol. The summed E-state index contributed by atoms with van der Waals surface area (Å²) in [6.45, 7) is 0.297. The second-order valence-corrected chi connectivity index (χ2v) is 15.3. The lowest BCUT2D eigenvalue weighted by atomic mass is 9.78. The van der Waals surface area contributed by atoms with Gasteiger partial charge in [0.15, 0.2) is 11.2 Å². The van der Waals surface area contributed by atoms with Crippen molar-refractivity contribution < 1.29 is 37.7 Å². The van der Waals surface area contributed by atoms with Crippen molar-refractivity contribution in [2.24, 2.45) is 11.1 Å². The fourth-order valence-electron chi connectivity index (χ4n) is 6.56. The first-order valence-electron chi connectivity index (χ1n) is 16.7. The number of unbranched alkanes of at least 4 members (excludes halogenated alkanes) is 1. The van der Waals surface area contributed by atoms with Crippen molar-refractivity contribution in [3.05, 3.63) is 101 Å². The van der Waals surface area contributed by atoms with E-state index in [2.05, 4.69) is 15.3 Å². The van der Waals surface area contributed by atoms with Crippen LogP contribution in [0.3, 0.4) is 0 Å². The Morgan fingerprint density at radius 2 is 1.80 bits per heavy atom. The molecule has 0 radical (unpaired) electrons. The number of rotatable bonds is 14. The maximum Gasteiger partial charge on any atom is 0.333 e. The number of primary sulfonamides is 1. The van der Waals surface area contributed by atoms with Crippen LogP contribution < -0.4 is 10.5 Å². The number of hydrogen-bond donors (Lipinski definition) is 4. The number of pyridine rings is 1. The molecule has 51 heavy (non-hydrogen) atoms. The van der Waals surface area contributed by atoms with Gasteiger partial charge in [-0.3, -0.25) is 9.36 Å². The number of imidazole rings is 1. The number of aromatic nitrogens is 3. The zero-order chi connectivity index (χ0) is 36.2. The number of aliphatic hydroxyl groups is 2. The lowest BCUT2D eigenvalue weighted by molar-refractivity contribution is -0.198. The van der Waals surface area contributed by atoms with Crippen molar-refractivity contribution in [1.29, 1.82) is 0 Å². The molecule has 0 unspecified atom stereocenters. The van der Waals surface area contributed by atoms with Gasteiger partial charge in [0.2, 0.25) is 10.0 Å². The summed E-state index contributed by atoms with van der Waals surface area (Å²) < 4.78 is 36.6. The van der Waals surface area contributed by atoms with E-state index in [1.165, 1.54) is 6.08 Å². The van der Waals surface area contributed by atoms with E-state index >= 15 is 0 Å². The van der Waals surface area contributed by atoms with E-state index in [1.54, 1.807) is 23.2 Å². The summed E-state index contributed by atoms with van der Waals surface area (Å²) in [5, 5.41) is 30.7. The molecular formula is C36H40ClN5O8S. The number of carbonyl (C=O) groups excluding carboxylic acids is 2. The predicted molar refractivity (Wildman–Crippen MR) is 190 cm³/mol. The molecule has 0 saturated heterocycles. The third-order valence-corrected chi connectivity index (χ3v) is 10.5. The summed E-state index contributed by atoms with van der Waals surface area (Å²) in [6.07, 6.45) is 1.07. The summed E-state index contributed by atoms with van der Waals surface area (Å²) in [5.74, 6) is -1.33. The fraction of sp³-hybridized carbons (Fsp3) is 0.389. The largest absolute Gasteiger partial charge is 0.456 e. The molecule has 6 rings (SSSR count). The number of hydrogen-bond acceptors (Lipinski definition) is 10. The maximum atomic E-state index is 13.9. The molecule has 0 bridgehead atoms. The summed E-state index contributed by atoms with van der Waals surface area (Å²) in [6, 6.07) is 20.2. The molecule has 2 saturated carbocycles. The SMILES string of the molecule is NS(=O)(=O)CCCCNC(=O)[C@]1(OC[C@@H]2C[C@@H]2c2ccc(Cl)cc2)C[C@@H](O)[C@@H](O)[C@H](OC(=O)/C=C(/c2ccccc2)n2cnc3ncccc32)C1. The molecule has 2 heterocycles. The molecule has 270 valence electrons. The van der Waals surface area contributed by atoms with Gasteiger partial charge in [-0.1, -0.05) is 54.1 Å². The van der Waals surface area contributed by atoms with Crippen molar-refractivity contribution in [2.45, 2.75) is 61.9 Å². The van der Waals surface area contributed by atoms with Crippen LogP contribution in [-0.2, 0) is 29.1 Å². The Morgan fingerprint density at radius 3 is 2.55 bits per heavy atom. The van der Waals surface area contributed by atoms with Gasteiger partial charge in [0.1, 0.15) is 18.5 Å². The minimum atomic E-state index is -3.65. The van der Waals surface area contributed by atoms with E-state index in [0.717, 1.165) is 12.0 Å². The second-order valence-electron chi connectivity index (χ2n) is 13.1. The fourth-order valence-corrected chi connectivity index (χ4v) is 7.29. The van der Waals surface area contributed by atoms with Gasteiger partial charge in [-0.25, -0.2) is 28.3 Å². The van der Waals surface area contributed by atoms with Crippen molar-refractivity contribution in [2.75, 3.05) is 18.9 Å². The average Bonchev–Trinajstić information content (AvgIpc) is 3.77. The van der Waals surface area contributed by atoms with Crippen molar-refractivity contribution in [3.8, 4) is 0 Å². The highest BCUT2D eigenvalue weighted by Crippen LogP contribution is 2.49. The zero-order valence-electron chi connectivity index (χ0n) is 27.7. The van der Waals surface area contributed by atoms with E-state index < -0.39 is 45.8 Å². The topological polar surface area (TPSA) is 196 Å². The van der Waals surface area contributed by atoms with Gasteiger partial charge >= 0.3 is 5.97 Å². The second kappa shape index (κ2) is 15.6. The van der Waals surface area contributed by atoms with Crippen LogP contribution in [0.5, 0.6) is 0 Å². The molecule has 2 aliphatic carbocycles. The van der Waals surface area contributed by atoms with Crippen LogP contribution in [0.15, 0.2) is 85.3 Å². The zero-order valence-corrected chi connectivity index (χ0v) is 29.2. The number of nitrogens with one attached hydrogen (secondary N) is 1. The van der Waals surface area contributed by atoms with Gasteiger partial charge in [-0.05, 0) is 66.5 Å². The van der Waals surface area contributed by atoms with Crippen LogP contribution in [0.4, 0.5) is 0 Å². The third-order valence-electron chi connectivity index (χ3n) is 9.37. The molecule has 2 aromatic heterocycles. The van der Waals surface area contributed by atoms with Crippen LogP contribution in [0, 0.1) is 5.92 Å². The highest BCUT2D eigenvalue weighted by atomic mass is 35.5. The molecule has 2 aliphatic rings. The van der Waals surface area contributed by atoms with Gasteiger partial charge in [-0.2, -0.15) is 0 Å². The molecule has 2 fully saturated rings. The van der Waals surface area contributed by atoms with Crippen LogP contribution in [0.1, 0.15) is 49.1 Å². The number of aliphatic hydroxyl groups excluding tert-OH is 2. The standard InChI is InChI=1S/C36H40ClN5O8S/c37-26-12-10-23(11-13-26)27-17-25(27)21-49-36(35(46)40-14-4-5-16-51(38,47)48)19-30(43)33(45)31(20-36)50-32(44)18-29(24-7-2-1-3-8-24)42-22-41-34-28(42)9-6-15-39-34/h1-3,6-13,15,18,22,25,27,30-31,33,43,45H,4-5,14,16-17,19-21H2,(H,40,46)(H2,38,47,48)/b29-18-/t25-,27+,30+,31+,33+,36-/m0/s1. The minimum absolute atomic E-state index is 0.0893. The summed E-state index contributed by atoms with van der Waals surface area (Å²) in [4.78, 5) is 36.1. The lowest BCUT2D eigenvalue weighted by Crippen LogP contribution is -2.61. The van der Waals surface area contributed by atoms with Gasteiger partial charge in [0.05, 0.1) is 29.7 Å². The predicted octanol–water partition coefficient (Wildman–Crippen LogP) is 3.15. The van der Waals surface area contributed by atoms with Crippen molar-refractivity contribution >= 4 is 50.4 Å². The van der Waals surface area contributed by atoms with E-state index in [-0.39, 0.29) is 50.0 Å². The number of nitrogens with two attached hydrogens (primary N) is 1. The molecule has 13 nitrogen and oxygen atoms in total. The van der Waals surface area contributed by atoms with E-state index in [9.17, 15) is 28.2 Å². The Morgan fingerprint density at radius 1 is 1.04 bits per heavy atom. The Hall–Kier alpha value is -4.18. The number of halogens is 1. The molecule has 15 heteroatoms. The molecule has 6 atom stereocenters. The summed E-state index contributed by atoms with van der Waals surface area (Å²) >= 11 is 6.06. The third kappa shape index (κ3) is 9.01. The van der Waals surface area contributed by atoms with Crippen LogP contribution >= 0.6 is 11.6 Å². The summed E-state index contributed by atoms with van der Waals surface area (Å²) in [5.41, 5.74) is 1.68. The Balaban J connectivity index is 1.22. The number of amides is 1. The highest BCUT2D eigenvalue weighted by molar-refractivity contribution is 7.89. The van der Waals surface area contributed by atoms with Gasteiger partial charge in [0, 0.05) is 36.7 Å². The first-order chi connectivity index (χ1) is 24.4. The number of ether oxygens (including phenoxy) is 2. The van der Waals surface area contributed by atoms with Crippen LogP contribution in [0.2, 0.25) is 5.02 Å². The van der Waals surface area contributed by atoms with Crippen LogP contribution in [0.25, 0.3) is 16.9 Å². The molecular weight excluding hydrogens is 698 g/mol. The summed E-state index contributed by atoms with van der Waals surface area (Å²) in [7, 11) is -3.65. The maximum absolute atomic E-state index is 13.9. The number of benzene rings is 2. The highest BCUT2D eigenvalue weighted by Gasteiger charge is 2.53. The van der Waals surface area contributed by atoms with Gasteiger partial charge in [0.25, 0.3) is 5.91 Å². The quantitative estimate of drug-likeness (QED) is 0.0848. The van der Waals surface area contributed by atoms with Crippen molar-refractivity contribution in [3.63, 3.8) is 0 Å². The Bertz CT molecular complexity index is 1990. The molecule has 4 aromatic rings. The normalized spacial score (nSPS) is 25.0. The molecule has 5 N–H and O–H groups in total. The molecule has 0 spiro atoms. The molecule has 1 amide bonds. The average molecular weight is 738 g/mol. The smallest absolute Gasteiger partial charge is 0.333 e. The number of sulfonamides is 1. The molecule has 2 aromatic carbocycles. The minimum Gasteiger partial charge on any atom is -0.456 e. The lowest BCUT2D eigenvalue weighted by Gasteiger charge is -2.43. The van der Waals surface area contributed by atoms with E-state index in [1.807, 2.05) is 60.7 Å². The number of fused-ring (bicyclic) bond motifs is 1. The Labute approximate surface area is 300 Å². The Kier molecular flexibility index (Phi) is 11.2. The number of nitrogens with zero attached hydrogens (tertiary/aromatic N) is 3. The first-order valence-corrected chi connectivity index (χ1v) is 18.8. The number of carbonyl (C=O) groups is 2. The van der Waals surface area contributed by atoms with Crippen molar-refractivity contribution in [1.82, 2.24) is 19.9 Å².